The molecule has 1 amide bonds. The van der Waals surface area contributed by atoms with Gasteiger partial charge in [-0.15, -0.1) is 0 Å². The fourth-order valence-corrected chi connectivity index (χ4v) is 4.73. The average molecular weight is 420 g/mol. The van der Waals surface area contributed by atoms with Crippen molar-refractivity contribution in [3.63, 3.8) is 0 Å². The summed E-state index contributed by atoms with van der Waals surface area (Å²) in [4.78, 5) is 13.6. The Morgan fingerprint density at radius 3 is 2.87 bits per heavy atom. The molecule has 6 nitrogen and oxygen atoms in total. The van der Waals surface area contributed by atoms with Crippen LogP contribution in [0.2, 0.25) is 0 Å². The third-order valence-electron chi connectivity index (χ3n) is 6.21. The molecule has 31 heavy (non-hydrogen) atoms. The number of para-hydroxylation sites is 1. The van der Waals surface area contributed by atoms with Crippen LogP contribution in [0.25, 0.3) is 17.0 Å². The minimum Gasteiger partial charge on any atom is -0.395 e. The Morgan fingerprint density at radius 2 is 2.06 bits per heavy atom. The Labute approximate surface area is 182 Å². The van der Waals surface area contributed by atoms with Crippen LogP contribution in [0.15, 0.2) is 54.6 Å². The van der Waals surface area contributed by atoms with Crippen molar-refractivity contribution in [2.75, 3.05) is 19.7 Å². The molecule has 6 heteroatoms. The van der Waals surface area contributed by atoms with Crippen molar-refractivity contribution in [2.45, 2.75) is 32.4 Å². The number of hydrogen-bond acceptors (Lipinski definition) is 4. The van der Waals surface area contributed by atoms with Crippen LogP contribution in [0.3, 0.4) is 0 Å². The normalized spacial score (nSPS) is 15.8. The number of hydroxylamine groups is 1. The van der Waals surface area contributed by atoms with Gasteiger partial charge in [-0.05, 0) is 60.1 Å². The zero-order chi connectivity index (χ0) is 21.8. The molecule has 1 aliphatic carbocycles. The first kappa shape index (κ1) is 21.3. The summed E-state index contributed by atoms with van der Waals surface area (Å²) in [6.07, 6.45) is 5.01. The summed E-state index contributed by atoms with van der Waals surface area (Å²) in [6, 6.07) is 17.2. The molecule has 3 aromatic rings. The molecule has 0 spiro atoms. The zero-order valence-electron chi connectivity index (χ0n) is 17.8. The van der Waals surface area contributed by atoms with Gasteiger partial charge in [0.2, 0.25) is 0 Å². The first-order valence-corrected chi connectivity index (χ1v) is 10.8. The molecule has 1 atom stereocenters. The van der Waals surface area contributed by atoms with E-state index < -0.39 is 5.91 Å². The molecule has 3 N–H and O–H groups in total. The SMILES string of the molecule is Cc1cc2ccccc2n1CCN(CCO)C1CCc2cc(/C=C/C(=O)NO)ccc21. The maximum absolute atomic E-state index is 11.2. The smallest absolute Gasteiger partial charge is 0.267 e. The number of fused-ring (bicyclic) bond motifs is 2. The van der Waals surface area contributed by atoms with E-state index in [9.17, 15) is 9.90 Å². The van der Waals surface area contributed by atoms with E-state index >= 15 is 0 Å². The van der Waals surface area contributed by atoms with Crippen LogP contribution in [0.5, 0.6) is 0 Å². The summed E-state index contributed by atoms with van der Waals surface area (Å²) in [5.41, 5.74) is 7.62. The van der Waals surface area contributed by atoms with Gasteiger partial charge in [-0.2, -0.15) is 0 Å². The van der Waals surface area contributed by atoms with Crippen molar-refractivity contribution in [1.82, 2.24) is 14.9 Å². The molecule has 162 valence electrons. The number of rotatable bonds is 8. The number of nitrogens with zero attached hydrogens (tertiary/aromatic N) is 2. The maximum Gasteiger partial charge on any atom is 0.267 e. The lowest BCUT2D eigenvalue weighted by atomic mass is 10.0. The number of carbonyl (C=O) groups is 1. The van der Waals surface area contributed by atoms with E-state index in [4.69, 9.17) is 5.21 Å². The van der Waals surface area contributed by atoms with E-state index in [0.29, 0.717) is 6.54 Å². The lowest BCUT2D eigenvalue weighted by molar-refractivity contribution is -0.124. The highest BCUT2D eigenvalue weighted by Gasteiger charge is 2.27. The largest absolute Gasteiger partial charge is 0.395 e. The quantitative estimate of drug-likeness (QED) is 0.297. The van der Waals surface area contributed by atoms with E-state index in [1.807, 2.05) is 6.07 Å². The van der Waals surface area contributed by atoms with Gasteiger partial charge in [0, 0.05) is 43.0 Å². The minimum atomic E-state index is -0.541. The molecule has 0 saturated carbocycles. The van der Waals surface area contributed by atoms with E-state index in [2.05, 4.69) is 58.9 Å². The van der Waals surface area contributed by atoms with Gasteiger partial charge in [-0.25, -0.2) is 5.48 Å². The Kier molecular flexibility index (Phi) is 6.51. The maximum atomic E-state index is 11.2. The summed E-state index contributed by atoms with van der Waals surface area (Å²) >= 11 is 0. The number of benzene rings is 2. The number of aliphatic hydroxyl groups excluding tert-OH is 1. The minimum absolute atomic E-state index is 0.133. The fraction of sp³-hybridized carbons (Fsp3) is 0.320. The third kappa shape index (κ3) is 4.56. The van der Waals surface area contributed by atoms with E-state index in [-0.39, 0.29) is 12.6 Å². The van der Waals surface area contributed by atoms with Crippen molar-refractivity contribution in [1.29, 1.82) is 0 Å². The van der Waals surface area contributed by atoms with Gasteiger partial charge in [-0.3, -0.25) is 14.9 Å². The zero-order valence-corrected chi connectivity index (χ0v) is 17.8. The summed E-state index contributed by atoms with van der Waals surface area (Å²) in [7, 11) is 0. The van der Waals surface area contributed by atoms with Gasteiger partial charge in [0.15, 0.2) is 0 Å². The second kappa shape index (κ2) is 9.47. The van der Waals surface area contributed by atoms with Crippen molar-refractivity contribution < 1.29 is 15.1 Å². The second-order valence-electron chi connectivity index (χ2n) is 8.08. The van der Waals surface area contributed by atoms with Gasteiger partial charge in [0.1, 0.15) is 0 Å². The number of nitrogens with one attached hydrogen (secondary N) is 1. The van der Waals surface area contributed by atoms with Crippen LogP contribution < -0.4 is 5.48 Å². The Hall–Kier alpha value is -2.93. The molecule has 0 radical (unpaired) electrons. The van der Waals surface area contributed by atoms with Crippen LogP contribution >= 0.6 is 0 Å². The standard InChI is InChI=1S/C25H29N3O3/c1-18-16-21-4-2-3-5-23(21)28(18)13-12-27(14-15-29)24-10-8-20-17-19(6-9-22(20)24)7-11-25(30)26-31/h2-7,9,11,16-17,24,29,31H,8,10,12-15H2,1H3,(H,26,30)/b11-7+. The molecule has 1 heterocycles. The highest BCUT2D eigenvalue weighted by Crippen LogP contribution is 2.36. The van der Waals surface area contributed by atoms with E-state index in [1.54, 1.807) is 11.6 Å². The second-order valence-corrected chi connectivity index (χ2v) is 8.08. The first-order valence-electron chi connectivity index (χ1n) is 10.8. The first-order chi connectivity index (χ1) is 15.1. The molecule has 1 unspecified atom stereocenters. The number of aliphatic hydroxyl groups is 1. The van der Waals surface area contributed by atoms with Crippen LogP contribution in [0.1, 0.15) is 34.8 Å². The van der Waals surface area contributed by atoms with Crippen LogP contribution in [0.4, 0.5) is 0 Å². The lowest BCUT2D eigenvalue weighted by Gasteiger charge is -2.29. The van der Waals surface area contributed by atoms with Gasteiger partial charge in [-0.1, -0.05) is 36.4 Å². The van der Waals surface area contributed by atoms with Gasteiger partial charge >= 0.3 is 0 Å². The molecule has 0 aliphatic heterocycles. The Balaban J connectivity index is 1.51. The van der Waals surface area contributed by atoms with E-state index in [0.717, 1.165) is 31.5 Å². The topological polar surface area (TPSA) is 77.7 Å². The monoisotopic (exact) mass is 419 g/mol. The van der Waals surface area contributed by atoms with Crippen LogP contribution in [-0.2, 0) is 17.8 Å². The van der Waals surface area contributed by atoms with E-state index in [1.165, 1.54) is 33.8 Å². The summed E-state index contributed by atoms with van der Waals surface area (Å²) in [5, 5.41) is 19.6. The highest BCUT2D eigenvalue weighted by atomic mass is 16.5. The molecular weight excluding hydrogens is 390 g/mol. The molecule has 4 rings (SSSR count). The van der Waals surface area contributed by atoms with Gasteiger partial charge < -0.3 is 9.67 Å². The molecule has 0 fully saturated rings. The number of amides is 1. The number of aryl methyl sites for hydroxylation is 2. The third-order valence-corrected chi connectivity index (χ3v) is 6.21. The molecule has 1 aromatic heterocycles. The summed E-state index contributed by atoms with van der Waals surface area (Å²) in [5.74, 6) is -0.541. The van der Waals surface area contributed by atoms with Gasteiger partial charge in [0.05, 0.1) is 6.61 Å². The molecule has 0 bridgehead atoms. The predicted octanol–water partition coefficient (Wildman–Crippen LogP) is 3.45. The Morgan fingerprint density at radius 1 is 1.23 bits per heavy atom. The van der Waals surface area contributed by atoms with Crippen molar-refractivity contribution >= 4 is 22.9 Å². The Bertz CT molecular complexity index is 1100. The molecule has 2 aromatic carbocycles. The summed E-state index contributed by atoms with van der Waals surface area (Å²) < 4.78 is 2.36. The molecule has 1 aliphatic rings. The van der Waals surface area contributed by atoms with Crippen molar-refractivity contribution in [3.8, 4) is 0 Å². The van der Waals surface area contributed by atoms with Gasteiger partial charge in [0.25, 0.3) is 5.91 Å². The number of hydrogen-bond donors (Lipinski definition) is 3. The molecule has 0 saturated heterocycles. The van der Waals surface area contributed by atoms with Crippen molar-refractivity contribution in [3.05, 3.63) is 77.0 Å². The number of aromatic nitrogens is 1. The van der Waals surface area contributed by atoms with Crippen molar-refractivity contribution in [2.24, 2.45) is 0 Å². The van der Waals surface area contributed by atoms with Crippen LogP contribution in [-0.4, -0.2) is 45.4 Å². The fourth-order valence-electron chi connectivity index (χ4n) is 4.73. The predicted molar refractivity (Wildman–Crippen MR) is 122 cm³/mol. The lowest BCUT2D eigenvalue weighted by Crippen LogP contribution is -2.33. The summed E-state index contributed by atoms with van der Waals surface area (Å²) in [6.45, 7) is 4.66. The number of carbonyl (C=O) groups excluding carboxylic acids is 1. The average Bonchev–Trinajstić information content (AvgIpc) is 3.34. The highest BCUT2D eigenvalue weighted by molar-refractivity contribution is 5.90. The molecular formula is C25H29N3O3. The van der Waals surface area contributed by atoms with Crippen LogP contribution in [0, 0.1) is 6.92 Å².